The molecule has 156 valence electrons. The molecule has 4 aromatic rings. The molecule has 0 atom stereocenters. The SMILES string of the molecule is O=C(Nc1cccc(F)c1C(=O)O)OCc1cc2cc(-c3ccc(F)cc3)ccc2o1. The standard InChI is InChI=1S/C23H15F2NO5/c24-16-7-4-13(5-8-16)14-6-9-20-15(10-14)11-17(31-20)12-30-23(29)26-19-3-1-2-18(25)21(19)22(27)28/h1-11H,12H2,(H,26,29)(H,27,28). The van der Waals surface area contributed by atoms with E-state index in [1.807, 2.05) is 12.1 Å². The third-order valence-corrected chi connectivity index (χ3v) is 4.55. The van der Waals surface area contributed by atoms with Gasteiger partial charge in [-0.3, -0.25) is 5.32 Å². The van der Waals surface area contributed by atoms with Crippen molar-refractivity contribution in [3.8, 4) is 11.1 Å². The number of carboxylic acids is 1. The highest BCUT2D eigenvalue weighted by molar-refractivity contribution is 5.99. The van der Waals surface area contributed by atoms with Gasteiger partial charge in [-0.15, -0.1) is 0 Å². The minimum absolute atomic E-state index is 0.217. The van der Waals surface area contributed by atoms with Gasteiger partial charge in [-0.05, 0) is 53.6 Å². The Morgan fingerprint density at radius 2 is 1.71 bits per heavy atom. The number of carboxylic acid groups (broad SMARTS) is 1. The second-order valence-corrected chi connectivity index (χ2v) is 6.64. The van der Waals surface area contributed by atoms with Gasteiger partial charge in [0.2, 0.25) is 0 Å². The molecule has 0 saturated heterocycles. The molecular weight excluding hydrogens is 408 g/mol. The molecule has 0 spiro atoms. The second kappa shape index (κ2) is 8.27. The highest BCUT2D eigenvalue weighted by Gasteiger charge is 2.18. The minimum atomic E-state index is -1.51. The maximum atomic E-state index is 13.7. The van der Waals surface area contributed by atoms with Gasteiger partial charge < -0.3 is 14.3 Å². The largest absolute Gasteiger partial charge is 0.478 e. The monoisotopic (exact) mass is 423 g/mol. The smallest absolute Gasteiger partial charge is 0.412 e. The van der Waals surface area contributed by atoms with Gasteiger partial charge in [0.1, 0.15) is 28.5 Å². The number of amides is 1. The van der Waals surface area contributed by atoms with E-state index >= 15 is 0 Å². The number of carbonyl (C=O) groups is 2. The summed E-state index contributed by atoms with van der Waals surface area (Å²) in [6.45, 7) is -0.218. The molecule has 0 fully saturated rings. The van der Waals surface area contributed by atoms with Crippen molar-refractivity contribution in [1.29, 1.82) is 0 Å². The number of fused-ring (bicyclic) bond motifs is 1. The van der Waals surface area contributed by atoms with Gasteiger partial charge >= 0.3 is 12.1 Å². The van der Waals surface area contributed by atoms with Crippen LogP contribution >= 0.6 is 0 Å². The van der Waals surface area contributed by atoms with E-state index in [9.17, 15) is 18.4 Å². The van der Waals surface area contributed by atoms with E-state index in [1.165, 1.54) is 24.3 Å². The Labute approximate surface area is 174 Å². The zero-order valence-electron chi connectivity index (χ0n) is 15.9. The molecule has 31 heavy (non-hydrogen) atoms. The number of ether oxygens (including phenoxy) is 1. The molecule has 0 aliphatic heterocycles. The van der Waals surface area contributed by atoms with Crippen LogP contribution in [0, 0.1) is 11.6 Å². The van der Waals surface area contributed by atoms with E-state index < -0.39 is 23.4 Å². The fraction of sp³-hybridized carbons (Fsp3) is 0.0435. The molecule has 0 bridgehead atoms. The molecule has 1 amide bonds. The van der Waals surface area contributed by atoms with Crippen molar-refractivity contribution in [3.63, 3.8) is 0 Å². The summed E-state index contributed by atoms with van der Waals surface area (Å²) >= 11 is 0. The molecule has 4 rings (SSSR count). The number of benzene rings is 3. The first-order valence-electron chi connectivity index (χ1n) is 9.15. The van der Waals surface area contributed by atoms with Crippen LogP contribution in [-0.2, 0) is 11.3 Å². The van der Waals surface area contributed by atoms with Crippen LogP contribution < -0.4 is 5.32 Å². The fourth-order valence-corrected chi connectivity index (χ4v) is 3.12. The molecule has 0 aliphatic rings. The molecule has 6 nitrogen and oxygen atoms in total. The zero-order chi connectivity index (χ0) is 22.0. The Kier molecular flexibility index (Phi) is 5.36. The summed E-state index contributed by atoms with van der Waals surface area (Å²) in [6, 6.07) is 16.7. The number of anilines is 1. The van der Waals surface area contributed by atoms with Crippen LogP contribution in [0.5, 0.6) is 0 Å². The summed E-state index contributed by atoms with van der Waals surface area (Å²) in [6.07, 6.45) is -0.958. The van der Waals surface area contributed by atoms with E-state index in [-0.39, 0.29) is 18.1 Å². The topological polar surface area (TPSA) is 88.8 Å². The number of carbonyl (C=O) groups excluding carboxylic acids is 1. The van der Waals surface area contributed by atoms with Crippen molar-refractivity contribution in [2.45, 2.75) is 6.61 Å². The number of halogens is 2. The average Bonchev–Trinajstić information content (AvgIpc) is 3.15. The lowest BCUT2D eigenvalue weighted by Crippen LogP contribution is -2.16. The third-order valence-electron chi connectivity index (χ3n) is 4.55. The fourth-order valence-electron chi connectivity index (χ4n) is 3.12. The van der Waals surface area contributed by atoms with Crippen molar-refractivity contribution in [1.82, 2.24) is 0 Å². The summed E-state index contributed by atoms with van der Waals surface area (Å²) < 4.78 is 37.5. The molecule has 3 aromatic carbocycles. The van der Waals surface area contributed by atoms with Gasteiger partial charge in [0.05, 0.1) is 5.69 Å². The lowest BCUT2D eigenvalue weighted by molar-refractivity contribution is 0.0693. The maximum absolute atomic E-state index is 13.7. The Balaban J connectivity index is 1.46. The quantitative estimate of drug-likeness (QED) is 0.422. The predicted molar refractivity (Wildman–Crippen MR) is 109 cm³/mol. The summed E-state index contributed by atoms with van der Waals surface area (Å²) in [4.78, 5) is 23.2. The van der Waals surface area contributed by atoms with E-state index in [0.717, 1.165) is 22.6 Å². The molecule has 0 saturated carbocycles. The second-order valence-electron chi connectivity index (χ2n) is 6.64. The van der Waals surface area contributed by atoms with Gasteiger partial charge in [-0.2, -0.15) is 0 Å². The summed E-state index contributed by atoms with van der Waals surface area (Å²) in [5.74, 6) is -2.44. The summed E-state index contributed by atoms with van der Waals surface area (Å²) in [5.41, 5.74) is 1.41. The van der Waals surface area contributed by atoms with Gasteiger partial charge in [-0.25, -0.2) is 18.4 Å². The molecule has 0 unspecified atom stereocenters. The van der Waals surface area contributed by atoms with E-state index in [0.29, 0.717) is 11.3 Å². The van der Waals surface area contributed by atoms with Crippen LogP contribution in [0.15, 0.2) is 71.1 Å². The minimum Gasteiger partial charge on any atom is -0.478 e. The van der Waals surface area contributed by atoms with E-state index in [2.05, 4.69) is 5.32 Å². The Hall–Kier alpha value is -4.20. The van der Waals surface area contributed by atoms with Crippen LogP contribution in [0.4, 0.5) is 19.3 Å². The molecule has 0 radical (unpaired) electrons. The summed E-state index contributed by atoms with van der Waals surface area (Å²) in [7, 11) is 0. The van der Waals surface area contributed by atoms with Crippen molar-refractivity contribution in [3.05, 3.63) is 89.7 Å². The third kappa shape index (κ3) is 4.37. The van der Waals surface area contributed by atoms with Crippen LogP contribution in [-0.4, -0.2) is 17.2 Å². The maximum Gasteiger partial charge on any atom is 0.412 e. The molecule has 1 heterocycles. The highest BCUT2D eigenvalue weighted by atomic mass is 19.1. The van der Waals surface area contributed by atoms with Crippen LogP contribution in [0.3, 0.4) is 0 Å². The normalized spacial score (nSPS) is 10.8. The number of rotatable bonds is 5. The molecule has 0 aliphatic carbocycles. The van der Waals surface area contributed by atoms with E-state index in [4.69, 9.17) is 14.3 Å². The molecule has 8 heteroatoms. The molecule has 1 aromatic heterocycles. The predicted octanol–water partition coefficient (Wildman–Crippen LogP) is 5.82. The van der Waals surface area contributed by atoms with Crippen molar-refractivity contribution in [2.75, 3.05) is 5.32 Å². The Bertz CT molecular complexity index is 1280. The van der Waals surface area contributed by atoms with Gasteiger partial charge in [0.25, 0.3) is 0 Å². The van der Waals surface area contributed by atoms with Crippen LogP contribution in [0.1, 0.15) is 16.1 Å². The molecule has 2 N–H and O–H groups in total. The Morgan fingerprint density at radius 1 is 0.968 bits per heavy atom. The average molecular weight is 423 g/mol. The van der Waals surface area contributed by atoms with Crippen molar-refractivity contribution < 1.29 is 32.6 Å². The van der Waals surface area contributed by atoms with Crippen LogP contribution in [0.25, 0.3) is 22.1 Å². The number of hydrogen-bond donors (Lipinski definition) is 2. The first-order valence-corrected chi connectivity index (χ1v) is 9.15. The van der Waals surface area contributed by atoms with Gasteiger partial charge in [0.15, 0.2) is 6.61 Å². The van der Waals surface area contributed by atoms with Crippen molar-refractivity contribution >= 4 is 28.7 Å². The molecular formula is C23H15F2NO5. The first kappa shape index (κ1) is 20.1. The lowest BCUT2D eigenvalue weighted by atomic mass is 10.0. The zero-order valence-corrected chi connectivity index (χ0v) is 15.9. The van der Waals surface area contributed by atoms with Crippen LogP contribution in [0.2, 0.25) is 0 Å². The Morgan fingerprint density at radius 3 is 2.45 bits per heavy atom. The lowest BCUT2D eigenvalue weighted by Gasteiger charge is -2.09. The van der Waals surface area contributed by atoms with Gasteiger partial charge in [0, 0.05) is 5.39 Å². The number of aromatic carboxylic acids is 1. The van der Waals surface area contributed by atoms with Gasteiger partial charge in [-0.1, -0.05) is 24.3 Å². The number of furan rings is 1. The van der Waals surface area contributed by atoms with E-state index in [1.54, 1.807) is 24.3 Å². The number of nitrogens with one attached hydrogen (secondary N) is 1. The summed E-state index contributed by atoms with van der Waals surface area (Å²) in [5, 5.41) is 12.1. The number of hydrogen-bond acceptors (Lipinski definition) is 4. The first-order chi connectivity index (χ1) is 14.9. The van der Waals surface area contributed by atoms with Crippen molar-refractivity contribution in [2.24, 2.45) is 0 Å². The highest BCUT2D eigenvalue weighted by Crippen LogP contribution is 2.27.